The van der Waals surface area contributed by atoms with Crippen LogP contribution in [0, 0.1) is 5.41 Å². The molecule has 1 fully saturated rings. The zero-order valence-corrected chi connectivity index (χ0v) is 17.3. The number of hydrogen-bond donors (Lipinski definition) is 3. The maximum Gasteiger partial charge on any atom is 0.219 e. The first-order chi connectivity index (χ1) is 14.0. The van der Waals surface area contributed by atoms with E-state index in [0.717, 1.165) is 48.7 Å². The van der Waals surface area contributed by atoms with Gasteiger partial charge in [-0.15, -0.1) is 0 Å². The fraction of sp³-hybridized carbons (Fsp3) is 0.304. The minimum absolute atomic E-state index is 0.0965. The predicted molar refractivity (Wildman–Crippen MR) is 125 cm³/mol. The van der Waals surface area contributed by atoms with Gasteiger partial charge in [0.15, 0.2) is 0 Å². The first-order valence-corrected chi connectivity index (χ1v) is 9.98. The van der Waals surface area contributed by atoms with Gasteiger partial charge in [0.2, 0.25) is 5.96 Å². The van der Waals surface area contributed by atoms with Gasteiger partial charge >= 0.3 is 0 Å². The van der Waals surface area contributed by atoms with Crippen LogP contribution in [0.25, 0.3) is 5.57 Å². The van der Waals surface area contributed by atoms with Crippen molar-refractivity contribution in [2.45, 2.75) is 13.3 Å². The normalized spacial score (nSPS) is 15.2. The number of guanidine groups is 1. The summed E-state index contributed by atoms with van der Waals surface area (Å²) in [5.41, 5.74) is 11.1. The highest BCUT2D eigenvalue weighted by Gasteiger charge is 2.14. The SMILES string of the molecule is C=C(/C(CC)=N/C(=N)Nc1ccc(N2CCN(C)CC2)cc1)c1cccc(N)c1. The summed E-state index contributed by atoms with van der Waals surface area (Å²) in [6.07, 6.45) is 0.681. The van der Waals surface area contributed by atoms with Crippen molar-refractivity contribution in [3.8, 4) is 0 Å². The summed E-state index contributed by atoms with van der Waals surface area (Å²) < 4.78 is 0. The van der Waals surface area contributed by atoms with Crippen molar-refractivity contribution in [3.63, 3.8) is 0 Å². The van der Waals surface area contributed by atoms with Gasteiger partial charge in [-0.1, -0.05) is 25.6 Å². The van der Waals surface area contributed by atoms with Crippen molar-refractivity contribution in [3.05, 3.63) is 60.7 Å². The Balaban J connectivity index is 1.64. The lowest BCUT2D eigenvalue weighted by molar-refractivity contribution is 0.313. The summed E-state index contributed by atoms with van der Waals surface area (Å²) in [6.45, 7) is 10.4. The van der Waals surface area contributed by atoms with Crippen molar-refractivity contribution in [1.82, 2.24) is 4.90 Å². The first kappa shape index (κ1) is 20.6. The molecular formula is C23H30N6. The van der Waals surface area contributed by atoms with E-state index in [1.54, 1.807) is 0 Å². The van der Waals surface area contributed by atoms with Gasteiger partial charge in [0.25, 0.3) is 0 Å². The molecule has 2 aromatic carbocycles. The van der Waals surface area contributed by atoms with E-state index in [2.05, 4.69) is 45.9 Å². The van der Waals surface area contributed by atoms with Crippen LogP contribution in [0.3, 0.4) is 0 Å². The van der Waals surface area contributed by atoms with Crippen LogP contribution in [0.4, 0.5) is 17.1 Å². The fourth-order valence-corrected chi connectivity index (χ4v) is 3.37. The maximum absolute atomic E-state index is 8.25. The quantitative estimate of drug-likeness (QED) is 0.410. The summed E-state index contributed by atoms with van der Waals surface area (Å²) in [5.74, 6) is 0.0965. The minimum Gasteiger partial charge on any atom is -0.399 e. The largest absolute Gasteiger partial charge is 0.399 e. The van der Waals surface area contributed by atoms with E-state index in [1.165, 1.54) is 5.69 Å². The van der Waals surface area contributed by atoms with Gasteiger partial charge in [-0.05, 0) is 61.0 Å². The zero-order chi connectivity index (χ0) is 20.8. The summed E-state index contributed by atoms with van der Waals surface area (Å²) in [6, 6.07) is 15.8. The van der Waals surface area contributed by atoms with E-state index in [-0.39, 0.29) is 5.96 Å². The molecule has 1 aliphatic heterocycles. The van der Waals surface area contributed by atoms with Crippen LogP contribution in [0.1, 0.15) is 18.9 Å². The lowest BCUT2D eigenvalue weighted by atomic mass is 10.0. The Morgan fingerprint density at radius 3 is 2.45 bits per heavy atom. The van der Waals surface area contributed by atoms with Crippen molar-refractivity contribution in [2.24, 2.45) is 4.99 Å². The summed E-state index contributed by atoms with van der Waals surface area (Å²) in [7, 11) is 2.16. The Kier molecular flexibility index (Phi) is 6.67. The number of likely N-dealkylation sites (N-methyl/N-ethyl adjacent to an activating group) is 1. The molecule has 0 bridgehead atoms. The van der Waals surface area contributed by atoms with Crippen molar-refractivity contribution in [1.29, 1.82) is 5.41 Å². The van der Waals surface area contributed by atoms with E-state index in [0.29, 0.717) is 12.1 Å². The van der Waals surface area contributed by atoms with Crippen LogP contribution in [-0.4, -0.2) is 49.8 Å². The van der Waals surface area contributed by atoms with Gasteiger partial charge in [0.1, 0.15) is 0 Å². The molecule has 152 valence electrons. The molecule has 0 amide bonds. The molecule has 3 rings (SSSR count). The summed E-state index contributed by atoms with van der Waals surface area (Å²) >= 11 is 0. The molecule has 0 aromatic heterocycles. The third kappa shape index (κ3) is 5.45. The summed E-state index contributed by atoms with van der Waals surface area (Å²) in [5, 5.41) is 11.3. The first-order valence-electron chi connectivity index (χ1n) is 9.98. The molecule has 6 heteroatoms. The number of nitrogens with one attached hydrogen (secondary N) is 2. The second kappa shape index (κ2) is 9.39. The lowest BCUT2D eigenvalue weighted by Crippen LogP contribution is -2.44. The zero-order valence-electron chi connectivity index (χ0n) is 17.3. The Morgan fingerprint density at radius 1 is 1.14 bits per heavy atom. The smallest absolute Gasteiger partial charge is 0.219 e. The van der Waals surface area contributed by atoms with Crippen LogP contribution >= 0.6 is 0 Å². The number of piperazine rings is 1. The number of anilines is 3. The van der Waals surface area contributed by atoms with Crippen LogP contribution < -0.4 is 16.0 Å². The molecule has 2 aromatic rings. The number of aliphatic imine (C=N–C) groups is 1. The van der Waals surface area contributed by atoms with Gasteiger partial charge in [0, 0.05) is 43.2 Å². The highest BCUT2D eigenvalue weighted by atomic mass is 15.2. The van der Waals surface area contributed by atoms with Crippen molar-refractivity contribution < 1.29 is 0 Å². The lowest BCUT2D eigenvalue weighted by Gasteiger charge is -2.34. The van der Waals surface area contributed by atoms with Gasteiger partial charge < -0.3 is 20.9 Å². The van der Waals surface area contributed by atoms with E-state index in [1.807, 2.05) is 43.3 Å². The molecule has 0 unspecified atom stereocenters. The second-order valence-electron chi connectivity index (χ2n) is 7.33. The second-order valence-corrected chi connectivity index (χ2v) is 7.33. The Labute approximate surface area is 173 Å². The van der Waals surface area contributed by atoms with E-state index >= 15 is 0 Å². The highest BCUT2D eigenvalue weighted by Crippen LogP contribution is 2.21. The highest BCUT2D eigenvalue weighted by molar-refractivity contribution is 6.26. The molecule has 0 radical (unpaired) electrons. The van der Waals surface area contributed by atoms with Gasteiger partial charge in [-0.2, -0.15) is 0 Å². The van der Waals surface area contributed by atoms with Crippen LogP contribution in [0.5, 0.6) is 0 Å². The molecule has 0 spiro atoms. The molecular weight excluding hydrogens is 360 g/mol. The average molecular weight is 391 g/mol. The van der Waals surface area contributed by atoms with E-state index in [9.17, 15) is 0 Å². The number of rotatable bonds is 5. The predicted octanol–water partition coefficient (Wildman–Crippen LogP) is 3.93. The number of nitrogens with zero attached hydrogens (tertiary/aromatic N) is 3. The third-order valence-corrected chi connectivity index (χ3v) is 5.16. The molecule has 0 saturated carbocycles. The van der Waals surface area contributed by atoms with Crippen molar-refractivity contribution >= 4 is 34.3 Å². The van der Waals surface area contributed by atoms with Crippen LogP contribution in [0.15, 0.2) is 60.1 Å². The van der Waals surface area contributed by atoms with Gasteiger partial charge in [-0.25, -0.2) is 4.99 Å². The monoisotopic (exact) mass is 390 g/mol. The molecule has 1 heterocycles. The number of hydrogen-bond acceptors (Lipinski definition) is 4. The standard InChI is InChI=1S/C23H30N6/c1-4-22(17(2)18-6-5-7-19(24)16-18)27-23(25)26-20-8-10-21(11-9-20)29-14-12-28(3)13-15-29/h5-11,16H,2,4,12-15,24H2,1,3H3,(H2,25,26)/b27-22+. The number of benzene rings is 2. The average Bonchev–Trinajstić information content (AvgIpc) is 2.73. The topological polar surface area (TPSA) is 80.7 Å². The molecule has 1 aliphatic rings. The molecule has 0 aliphatic carbocycles. The Bertz CT molecular complexity index is 892. The van der Waals surface area contributed by atoms with Gasteiger partial charge in [0.05, 0.1) is 5.71 Å². The molecule has 0 atom stereocenters. The molecule has 6 nitrogen and oxygen atoms in total. The van der Waals surface area contributed by atoms with E-state index < -0.39 is 0 Å². The van der Waals surface area contributed by atoms with Crippen LogP contribution in [0.2, 0.25) is 0 Å². The molecule has 4 N–H and O–H groups in total. The van der Waals surface area contributed by atoms with Crippen LogP contribution in [-0.2, 0) is 0 Å². The van der Waals surface area contributed by atoms with Crippen molar-refractivity contribution in [2.75, 3.05) is 49.2 Å². The molecule has 29 heavy (non-hydrogen) atoms. The van der Waals surface area contributed by atoms with Gasteiger partial charge in [-0.3, -0.25) is 5.41 Å². The fourth-order valence-electron chi connectivity index (χ4n) is 3.37. The molecule has 1 saturated heterocycles. The number of nitrogen functional groups attached to an aromatic ring is 1. The Hall–Kier alpha value is -3.12. The summed E-state index contributed by atoms with van der Waals surface area (Å²) in [4.78, 5) is 9.18. The maximum atomic E-state index is 8.25. The van der Waals surface area contributed by atoms with E-state index in [4.69, 9.17) is 11.1 Å². The number of allylic oxidation sites excluding steroid dienone is 1. The number of nitrogens with two attached hydrogens (primary N) is 1. The third-order valence-electron chi connectivity index (χ3n) is 5.16. The minimum atomic E-state index is 0.0965. The Morgan fingerprint density at radius 2 is 1.83 bits per heavy atom.